The second-order valence-corrected chi connectivity index (χ2v) is 6.24. The second-order valence-electron chi connectivity index (χ2n) is 5.71. The Morgan fingerprint density at radius 2 is 2.13 bits per heavy atom. The highest BCUT2D eigenvalue weighted by Crippen LogP contribution is 2.16. The summed E-state index contributed by atoms with van der Waals surface area (Å²) in [7, 11) is 2.01. The fourth-order valence-corrected chi connectivity index (χ4v) is 3.19. The Kier molecular flexibility index (Phi) is 8.09. The standard InChI is InChI=1S/C14H20N4O2S.2ClH/c1-18(9-14(19)8-15-4-5-20-10-14)7-11-2-3-12-13(6-11)17-21-16-12;;/h2-3,6,15,19H,4-5,7-10H2,1H3;2*1H. The second kappa shape index (κ2) is 9.08. The van der Waals surface area contributed by atoms with Crippen LogP contribution in [-0.4, -0.2) is 64.3 Å². The molecule has 2 N–H and O–H groups in total. The SMILES string of the molecule is CN(Cc1ccc2nsnc2c1)CC1(O)CNCCOC1.Cl.Cl. The van der Waals surface area contributed by atoms with Crippen LogP contribution in [0.3, 0.4) is 0 Å². The lowest BCUT2D eigenvalue weighted by atomic mass is 10.0. The summed E-state index contributed by atoms with van der Waals surface area (Å²) in [5, 5.41) is 13.8. The molecule has 0 spiro atoms. The molecule has 1 fully saturated rings. The van der Waals surface area contributed by atoms with E-state index in [1.165, 1.54) is 17.3 Å². The number of hydrogen-bond acceptors (Lipinski definition) is 7. The number of hydrogen-bond donors (Lipinski definition) is 2. The number of nitrogens with zero attached hydrogens (tertiary/aromatic N) is 3. The van der Waals surface area contributed by atoms with E-state index in [2.05, 4.69) is 31.1 Å². The first kappa shape index (κ1) is 20.5. The van der Waals surface area contributed by atoms with E-state index < -0.39 is 5.60 Å². The molecule has 130 valence electrons. The van der Waals surface area contributed by atoms with Gasteiger partial charge in [0.15, 0.2) is 0 Å². The molecule has 1 atom stereocenters. The number of rotatable bonds is 4. The van der Waals surface area contributed by atoms with E-state index in [4.69, 9.17) is 4.74 Å². The Bertz CT molecular complexity index is 605. The van der Waals surface area contributed by atoms with E-state index in [9.17, 15) is 5.11 Å². The molecule has 2 aromatic rings. The molecule has 1 aliphatic heterocycles. The summed E-state index contributed by atoms with van der Waals surface area (Å²) in [6, 6.07) is 6.11. The average Bonchev–Trinajstić information content (AvgIpc) is 2.80. The van der Waals surface area contributed by atoms with Gasteiger partial charge in [0.25, 0.3) is 0 Å². The van der Waals surface area contributed by atoms with Gasteiger partial charge in [-0.05, 0) is 24.7 Å². The predicted octanol–water partition coefficient (Wildman–Crippen LogP) is 1.32. The van der Waals surface area contributed by atoms with Crippen molar-refractivity contribution in [2.75, 3.05) is 39.9 Å². The number of aromatic nitrogens is 2. The van der Waals surface area contributed by atoms with Crippen LogP contribution in [0, 0.1) is 0 Å². The summed E-state index contributed by atoms with van der Waals surface area (Å²) in [5.74, 6) is 0. The minimum atomic E-state index is -0.836. The van der Waals surface area contributed by atoms with Crippen molar-refractivity contribution >= 4 is 47.6 Å². The number of likely N-dealkylation sites (N-methyl/N-ethyl adjacent to an activating group) is 1. The van der Waals surface area contributed by atoms with Crippen molar-refractivity contribution in [2.45, 2.75) is 12.1 Å². The zero-order chi connectivity index (χ0) is 14.7. The molecule has 0 saturated carbocycles. The normalized spacial score (nSPS) is 21.5. The van der Waals surface area contributed by atoms with Gasteiger partial charge in [-0.3, -0.25) is 4.90 Å². The van der Waals surface area contributed by atoms with Crippen LogP contribution in [0.2, 0.25) is 0 Å². The molecule has 1 unspecified atom stereocenters. The van der Waals surface area contributed by atoms with Crippen LogP contribution in [0.5, 0.6) is 0 Å². The molecular weight excluding hydrogens is 359 g/mol. The number of aliphatic hydroxyl groups is 1. The van der Waals surface area contributed by atoms with Crippen LogP contribution in [0.4, 0.5) is 0 Å². The molecule has 3 rings (SSSR count). The lowest BCUT2D eigenvalue weighted by molar-refractivity contribution is -0.0461. The third kappa shape index (κ3) is 5.49. The number of β-amino-alcohol motifs (C(OH)–C–C–N with tert-alkyl or cyclic N) is 1. The number of benzene rings is 1. The van der Waals surface area contributed by atoms with Crippen molar-refractivity contribution in [3.8, 4) is 0 Å². The number of fused-ring (bicyclic) bond motifs is 1. The topological polar surface area (TPSA) is 70.5 Å². The Morgan fingerprint density at radius 1 is 1.35 bits per heavy atom. The number of nitrogens with one attached hydrogen (secondary N) is 1. The molecular formula is C14H22Cl2N4O2S. The maximum atomic E-state index is 10.6. The minimum absolute atomic E-state index is 0. The van der Waals surface area contributed by atoms with Crippen LogP contribution in [0.15, 0.2) is 18.2 Å². The molecule has 0 aliphatic carbocycles. The van der Waals surface area contributed by atoms with Crippen molar-refractivity contribution in [1.82, 2.24) is 19.0 Å². The zero-order valence-corrected chi connectivity index (χ0v) is 15.3. The summed E-state index contributed by atoms with van der Waals surface area (Å²) in [6.07, 6.45) is 0. The van der Waals surface area contributed by atoms with Gasteiger partial charge in [-0.25, -0.2) is 0 Å². The van der Waals surface area contributed by atoms with Crippen LogP contribution < -0.4 is 5.32 Å². The molecule has 1 aromatic carbocycles. The molecule has 0 bridgehead atoms. The Labute approximate surface area is 152 Å². The summed E-state index contributed by atoms with van der Waals surface area (Å²) in [4.78, 5) is 2.11. The van der Waals surface area contributed by atoms with E-state index in [0.29, 0.717) is 26.3 Å². The monoisotopic (exact) mass is 380 g/mol. The Balaban J connectivity index is 0.00000132. The molecule has 23 heavy (non-hydrogen) atoms. The van der Waals surface area contributed by atoms with E-state index in [1.807, 2.05) is 13.1 Å². The lowest BCUT2D eigenvalue weighted by Gasteiger charge is -2.30. The fourth-order valence-electron chi connectivity index (χ4n) is 2.68. The molecule has 9 heteroatoms. The molecule has 0 amide bonds. The first-order valence-electron chi connectivity index (χ1n) is 7.05. The minimum Gasteiger partial charge on any atom is -0.385 e. The highest BCUT2D eigenvalue weighted by atomic mass is 35.5. The van der Waals surface area contributed by atoms with Crippen LogP contribution in [-0.2, 0) is 11.3 Å². The van der Waals surface area contributed by atoms with Crippen molar-refractivity contribution in [3.63, 3.8) is 0 Å². The van der Waals surface area contributed by atoms with Crippen LogP contribution >= 0.6 is 36.5 Å². The average molecular weight is 381 g/mol. The summed E-state index contributed by atoms with van der Waals surface area (Å²) in [6.45, 7) is 3.70. The van der Waals surface area contributed by atoms with Gasteiger partial charge in [0, 0.05) is 26.2 Å². The van der Waals surface area contributed by atoms with Crippen molar-refractivity contribution in [2.24, 2.45) is 0 Å². The smallest absolute Gasteiger partial charge is 0.113 e. The number of halogens is 2. The third-order valence-electron chi connectivity index (χ3n) is 3.58. The van der Waals surface area contributed by atoms with Gasteiger partial charge < -0.3 is 15.2 Å². The van der Waals surface area contributed by atoms with E-state index in [0.717, 1.165) is 24.1 Å². The summed E-state index contributed by atoms with van der Waals surface area (Å²) < 4.78 is 13.9. The number of ether oxygens (including phenoxy) is 1. The maximum absolute atomic E-state index is 10.6. The van der Waals surface area contributed by atoms with Gasteiger partial charge in [-0.15, -0.1) is 24.8 Å². The largest absolute Gasteiger partial charge is 0.385 e. The Morgan fingerprint density at radius 3 is 2.96 bits per heavy atom. The highest BCUT2D eigenvalue weighted by molar-refractivity contribution is 7.00. The van der Waals surface area contributed by atoms with Gasteiger partial charge in [0.1, 0.15) is 16.6 Å². The van der Waals surface area contributed by atoms with Crippen molar-refractivity contribution in [3.05, 3.63) is 23.8 Å². The van der Waals surface area contributed by atoms with Crippen LogP contribution in [0.1, 0.15) is 5.56 Å². The first-order valence-corrected chi connectivity index (χ1v) is 7.78. The molecule has 1 aromatic heterocycles. The lowest BCUT2D eigenvalue weighted by Crippen LogP contribution is -2.50. The van der Waals surface area contributed by atoms with Gasteiger partial charge >= 0.3 is 0 Å². The highest BCUT2D eigenvalue weighted by Gasteiger charge is 2.30. The third-order valence-corrected chi connectivity index (χ3v) is 4.14. The predicted molar refractivity (Wildman–Crippen MR) is 96.9 cm³/mol. The molecule has 6 nitrogen and oxygen atoms in total. The van der Waals surface area contributed by atoms with Crippen molar-refractivity contribution in [1.29, 1.82) is 0 Å². The van der Waals surface area contributed by atoms with E-state index in [1.54, 1.807) is 0 Å². The molecule has 2 heterocycles. The van der Waals surface area contributed by atoms with E-state index in [-0.39, 0.29) is 24.8 Å². The Hall–Kier alpha value is -0.540. The molecule has 0 radical (unpaired) electrons. The maximum Gasteiger partial charge on any atom is 0.113 e. The van der Waals surface area contributed by atoms with E-state index >= 15 is 0 Å². The molecule has 1 aliphatic rings. The zero-order valence-electron chi connectivity index (χ0n) is 12.9. The quantitative estimate of drug-likeness (QED) is 0.833. The van der Waals surface area contributed by atoms with Crippen LogP contribution in [0.25, 0.3) is 11.0 Å². The first-order chi connectivity index (χ1) is 10.1. The summed E-state index contributed by atoms with van der Waals surface area (Å²) >= 11 is 1.23. The van der Waals surface area contributed by atoms with Gasteiger partial charge in [0.2, 0.25) is 0 Å². The summed E-state index contributed by atoms with van der Waals surface area (Å²) in [5.41, 5.74) is 2.21. The van der Waals surface area contributed by atoms with Gasteiger partial charge in [0.05, 0.1) is 24.9 Å². The van der Waals surface area contributed by atoms with Gasteiger partial charge in [-0.2, -0.15) is 8.75 Å². The van der Waals surface area contributed by atoms with Gasteiger partial charge in [-0.1, -0.05) is 6.07 Å². The fraction of sp³-hybridized carbons (Fsp3) is 0.571. The molecule has 1 saturated heterocycles. The van der Waals surface area contributed by atoms with Crippen molar-refractivity contribution < 1.29 is 9.84 Å².